The number of carbonyl (C=O) groups excluding carboxylic acids is 2. The Labute approximate surface area is 143 Å². The van der Waals surface area contributed by atoms with Gasteiger partial charge in [-0.1, -0.05) is 38.7 Å². The van der Waals surface area contributed by atoms with Gasteiger partial charge in [0.25, 0.3) is 0 Å². The third-order valence-electron chi connectivity index (χ3n) is 3.85. The molecule has 0 heterocycles. The first-order valence-corrected chi connectivity index (χ1v) is 8.20. The van der Waals surface area contributed by atoms with E-state index in [2.05, 4.69) is 11.7 Å². The van der Waals surface area contributed by atoms with Gasteiger partial charge in [0.05, 0.1) is 20.1 Å². The Bertz CT molecular complexity index is 544. The van der Waals surface area contributed by atoms with E-state index in [0.29, 0.717) is 17.9 Å². The molecule has 0 bridgehead atoms. The van der Waals surface area contributed by atoms with Gasteiger partial charge in [-0.05, 0) is 24.1 Å². The summed E-state index contributed by atoms with van der Waals surface area (Å²) < 4.78 is 15.2. The number of hydrogen-bond acceptors (Lipinski definition) is 5. The van der Waals surface area contributed by atoms with Crippen molar-refractivity contribution >= 4 is 11.9 Å². The molecule has 0 aromatic heterocycles. The fourth-order valence-corrected chi connectivity index (χ4v) is 2.47. The zero-order chi connectivity index (χ0) is 17.9. The average molecular weight is 337 g/mol. The van der Waals surface area contributed by atoms with Crippen molar-refractivity contribution in [3.63, 3.8) is 0 Å². The molecule has 0 spiro atoms. The number of ether oxygens (including phenoxy) is 3. The molecule has 1 aromatic rings. The second-order valence-corrected chi connectivity index (χ2v) is 5.58. The third-order valence-corrected chi connectivity index (χ3v) is 3.85. The highest BCUT2D eigenvalue weighted by molar-refractivity contribution is 5.82. The van der Waals surface area contributed by atoms with E-state index in [4.69, 9.17) is 15.2 Å². The van der Waals surface area contributed by atoms with Crippen LogP contribution >= 0.6 is 0 Å². The molecule has 24 heavy (non-hydrogen) atoms. The quantitative estimate of drug-likeness (QED) is 0.495. The summed E-state index contributed by atoms with van der Waals surface area (Å²) >= 11 is 0. The highest BCUT2D eigenvalue weighted by atomic mass is 16.6. The van der Waals surface area contributed by atoms with Gasteiger partial charge in [0.1, 0.15) is 0 Å². The first kappa shape index (κ1) is 19.8. The topological polar surface area (TPSA) is 87.9 Å². The Morgan fingerprint density at radius 1 is 1.12 bits per heavy atom. The average Bonchev–Trinajstić information content (AvgIpc) is 2.59. The van der Waals surface area contributed by atoms with Crippen molar-refractivity contribution in [3.8, 4) is 11.5 Å². The zero-order valence-electron chi connectivity index (χ0n) is 14.7. The molecule has 1 amide bonds. The molecule has 6 heteroatoms. The Hall–Kier alpha value is -2.24. The number of primary amides is 1. The largest absolute Gasteiger partial charge is 0.493 e. The van der Waals surface area contributed by atoms with Gasteiger partial charge < -0.3 is 19.9 Å². The van der Waals surface area contributed by atoms with Crippen molar-refractivity contribution < 1.29 is 23.8 Å². The van der Waals surface area contributed by atoms with Crippen LogP contribution in [-0.4, -0.2) is 32.7 Å². The van der Waals surface area contributed by atoms with Crippen molar-refractivity contribution in [1.82, 2.24) is 0 Å². The van der Waals surface area contributed by atoms with Crippen LogP contribution in [0.25, 0.3) is 0 Å². The lowest BCUT2D eigenvalue weighted by molar-refractivity contribution is -0.143. The van der Waals surface area contributed by atoms with Gasteiger partial charge in [-0.2, -0.15) is 0 Å². The molecule has 0 aliphatic carbocycles. The summed E-state index contributed by atoms with van der Waals surface area (Å²) in [6.45, 7) is 1.91. The van der Waals surface area contributed by atoms with Crippen LogP contribution in [0.2, 0.25) is 0 Å². The SMILES string of the molecule is CCCCCCC(C(N)=O)c1ccc(OC)c(OCC(=O)OC)c1. The molecule has 0 saturated heterocycles. The molecule has 1 unspecified atom stereocenters. The third kappa shape index (κ3) is 6.10. The van der Waals surface area contributed by atoms with Crippen LogP contribution in [0.3, 0.4) is 0 Å². The summed E-state index contributed by atoms with van der Waals surface area (Å²) in [4.78, 5) is 23.1. The zero-order valence-corrected chi connectivity index (χ0v) is 14.7. The van der Waals surface area contributed by atoms with Crippen LogP contribution in [0.15, 0.2) is 18.2 Å². The fourth-order valence-electron chi connectivity index (χ4n) is 2.47. The van der Waals surface area contributed by atoms with Crippen molar-refractivity contribution in [2.75, 3.05) is 20.8 Å². The summed E-state index contributed by atoms with van der Waals surface area (Å²) in [5.74, 6) is -0.366. The first-order chi connectivity index (χ1) is 11.5. The van der Waals surface area contributed by atoms with Gasteiger partial charge in [0, 0.05) is 0 Å². The molecule has 0 aliphatic heterocycles. The van der Waals surface area contributed by atoms with Gasteiger partial charge in [-0.15, -0.1) is 0 Å². The van der Waals surface area contributed by atoms with Gasteiger partial charge in [-0.25, -0.2) is 4.79 Å². The van der Waals surface area contributed by atoms with Gasteiger partial charge >= 0.3 is 5.97 Å². The highest BCUT2D eigenvalue weighted by Crippen LogP contribution is 2.32. The van der Waals surface area contributed by atoms with Crippen molar-refractivity contribution in [1.29, 1.82) is 0 Å². The minimum Gasteiger partial charge on any atom is -0.493 e. The van der Waals surface area contributed by atoms with E-state index in [0.717, 1.165) is 31.2 Å². The lowest BCUT2D eigenvalue weighted by atomic mass is 9.92. The predicted molar refractivity (Wildman–Crippen MR) is 91.2 cm³/mol. The smallest absolute Gasteiger partial charge is 0.343 e. The summed E-state index contributed by atoms with van der Waals surface area (Å²) in [7, 11) is 2.80. The Balaban J connectivity index is 2.90. The van der Waals surface area contributed by atoms with E-state index in [-0.39, 0.29) is 18.4 Å². The van der Waals surface area contributed by atoms with E-state index in [1.165, 1.54) is 14.2 Å². The molecule has 134 valence electrons. The van der Waals surface area contributed by atoms with Crippen LogP contribution in [0.5, 0.6) is 11.5 Å². The molecule has 1 atom stereocenters. The molecule has 0 fully saturated rings. The van der Waals surface area contributed by atoms with E-state index < -0.39 is 5.97 Å². The lowest BCUT2D eigenvalue weighted by Gasteiger charge is -2.17. The molecule has 0 aliphatic rings. The number of nitrogens with two attached hydrogens (primary N) is 1. The molecule has 2 N–H and O–H groups in total. The lowest BCUT2D eigenvalue weighted by Crippen LogP contribution is -2.21. The summed E-state index contributed by atoms with van der Waals surface area (Å²) in [5, 5.41) is 0. The Morgan fingerprint density at radius 2 is 1.88 bits per heavy atom. The van der Waals surface area contributed by atoms with E-state index >= 15 is 0 Å². The number of hydrogen-bond donors (Lipinski definition) is 1. The van der Waals surface area contributed by atoms with Gasteiger partial charge in [0.2, 0.25) is 5.91 Å². The van der Waals surface area contributed by atoms with Crippen LogP contribution in [-0.2, 0) is 14.3 Å². The summed E-state index contributed by atoms with van der Waals surface area (Å²) in [6, 6.07) is 5.22. The van der Waals surface area contributed by atoms with Crippen LogP contribution in [0.1, 0.15) is 50.5 Å². The number of amides is 1. The van der Waals surface area contributed by atoms with Gasteiger partial charge in [-0.3, -0.25) is 4.79 Å². The van der Waals surface area contributed by atoms with Crippen LogP contribution < -0.4 is 15.2 Å². The number of esters is 1. The van der Waals surface area contributed by atoms with E-state index in [1.807, 2.05) is 0 Å². The minimum absolute atomic E-state index is 0.228. The normalized spacial score (nSPS) is 11.6. The number of unbranched alkanes of at least 4 members (excludes halogenated alkanes) is 3. The molecule has 6 nitrogen and oxygen atoms in total. The molecule has 0 saturated carbocycles. The maximum atomic E-state index is 11.8. The maximum absolute atomic E-state index is 11.8. The fraction of sp³-hybridized carbons (Fsp3) is 0.556. The summed E-state index contributed by atoms with van der Waals surface area (Å²) in [6.07, 6.45) is 4.98. The van der Waals surface area contributed by atoms with Crippen molar-refractivity contribution in [3.05, 3.63) is 23.8 Å². The van der Waals surface area contributed by atoms with E-state index in [9.17, 15) is 9.59 Å². The standard InChI is InChI=1S/C18H27NO5/c1-4-5-6-7-8-14(18(19)21)13-9-10-15(22-2)16(11-13)24-12-17(20)23-3/h9-11,14H,4-8,12H2,1-3H3,(H2,19,21). The number of benzene rings is 1. The monoisotopic (exact) mass is 337 g/mol. The van der Waals surface area contributed by atoms with Crippen LogP contribution in [0, 0.1) is 0 Å². The molecular formula is C18H27NO5. The Morgan fingerprint density at radius 3 is 2.46 bits per heavy atom. The van der Waals surface area contributed by atoms with Crippen LogP contribution in [0.4, 0.5) is 0 Å². The van der Waals surface area contributed by atoms with E-state index in [1.54, 1.807) is 18.2 Å². The highest BCUT2D eigenvalue weighted by Gasteiger charge is 2.20. The molecular weight excluding hydrogens is 310 g/mol. The number of methoxy groups -OCH3 is 2. The maximum Gasteiger partial charge on any atom is 0.343 e. The first-order valence-electron chi connectivity index (χ1n) is 8.20. The summed E-state index contributed by atoms with van der Waals surface area (Å²) in [5.41, 5.74) is 6.33. The second-order valence-electron chi connectivity index (χ2n) is 5.58. The number of rotatable bonds is 11. The minimum atomic E-state index is -0.492. The predicted octanol–water partition coefficient (Wildman–Crippen LogP) is 2.79. The second kappa shape index (κ2) is 10.5. The van der Waals surface area contributed by atoms with Crippen molar-refractivity contribution in [2.45, 2.75) is 44.9 Å². The van der Waals surface area contributed by atoms with Gasteiger partial charge in [0.15, 0.2) is 18.1 Å². The molecule has 0 radical (unpaired) electrons. The molecule has 1 aromatic carbocycles. The Kier molecular flexibility index (Phi) is 8.68. The molecule has 1 rings (SSSR count). The van der Waals surface area contributed by atoms with Crippen molar-refractivity contribution in [2.24, 2.45) is 5.73 Å². The number of carbonyl (C=O) groups is 2.